The molecule has 2 aromatic carbocycles. The van der Waals surface area contributed by atoms with E-state index in [9.17, 15) is 4.79 Å². The van der Waals surface area contributed by atoms with Gasteiger partial charge in [0, 0.05) is 11.3 Å². The van der Waals surface area contributed by atoms with Crippen LogP contribution in [0.2, 0.25) is 0 Å². The average molecular weight is 463 g/mol. The van der Waals surface area contributed by atoms with E-state index in [4.69, 9.17) is 17.0 Å². The molecule has 0 saturated carbocycles. The van der Waals surface area contributed by atoms with Gasteiger partial charge < -0.3 is 10.1 Å². The first-order chi connectivity index (χ1) is 13.3. The van der Waals surface area contributed by atoms with Crippen LogP contribution < -0.4 is 15.4 Å². The Hall–Kier alpha value is -1.92. The molecule has 2 rings (SSSR count). The van der Waals surface area contributed by atoms with Gasteiger partial charge in [0.25, 0.3) is 5.91 Å². The van der Waals surface area contributed by atoms with Crippen molar-refractivity contribution in [2.45, 2.75) is 40.0 Å². The first-order valence-electron chi connectivity index (χ1n) is 9.41. The van der Waals surface area contributed by atoms with Crippen molar-refractivity contribution in [1.29, 1.82) is 0 Å². The number of benzene rings is 2. The van der Waals surface area contributed by atoms with E-state index in [0.29, 0.717) is 24.0 Å². The van der Waals surface area contributed by atoms with Crippen LogP contribution in [0.3, 0.4) is 0 Å². The lowest BCUT2D eigenvalue weighted by molar-refractivity contribution is 0.0977. The molecule has 2 aromatic rings. The Labute approximate surface area is 181 Å². The van der Waals surface area contributed by atoms with Crippen LogP contribution in [0.15, 0.2) is 46.9 Å². The highest BCUT2D eigenvalue weighted by Crippen LogP contribution is 2.27. The van der Waals surface area contributed by atoms with Crippen LogP contribution in [0.4, 0.5) is 5.69 Å². The molecule has 0 atom stereocenters. The molecule has 0 unspecified atom stereocenters. The third-order valence-electron chi connectivity index (χ3n) is 4.20. The second kappa shape index (κ2) is 10.6. The summed E-state index contributed by atoms with van der Waals surface area (Å²) in [6.45, 7) is 9.19. The normalized spacial score (nSPS) is 10.8. The first-order valence-corrected chi connectivity index (χ1v) is 10.6. The number of halogens is 1. The van der Waals surface area contributed by atoms with Crippen molar-refractivity contribution >= 4 is 44.9 Å². The topological polar surface area (TPSA) is 50.4 Å². The average Bonchev–Trinajstić information content (AvgIpc) is 2.62. The molecular weight excluding hydrogens is 436 g/mol. The zero-order chi connectivity index (χ0) is 20.7. The third kappa shape index (κ3) is 6.60. The molecule has 1 amide bonds. The second-order valence-corrected chi connectivity index (χ2v) is 8.59. The van der Waals surface area contributed by atoms with Crippen molar-refractivity contribution in [3.8, 4) is 5.75 Å². The number of nitrogens with one attached hydrogen (secondary N) is 2. The molecule has 0 aliphatic carbocycles. The minimum atomic E-state index is -0.269. The fourth-order valence-corrected chi connectivity index (χ4v) is 3.30. The fourth-order valence-electron chi connectivity index (χ4n) is 2.61. The summed E-state index contributed by atoms with van der Waals surface area (Å²) in [5.41, 5.74) is 2.55. The monoisotopic (exact) mass is 462 g/mol. The number of rotatable bonds is 7. The van der Waals surface area contributed by atoms with Gasteiger partial charge in [-0.2, -0.15) is 0 Å². The maximum Gasteiger partial charge on any atom is 0.257 e. The van der Waals surface area contributed by atoms with Gasteiger partial charge in [-0.05, 0) is 76.2 Å². The van der Waals surface area contributed by atoms with Crippen LogP contribution >= 0.6 is 28.1 Å². The Kier molecular flexibility index (Phi) is 8.45. The Morgan fingerprint density at radius 2 is 1.86 bits per heavy atom. The quantitative estimate of drug-likeness (QED) is 0.486. The predicted octanol–water partition coefficient (Wildman–Crippen LogP) is 6.12. The maximum atomic E-state index is 12.5. The van der Waals surface area contributed by atoms with Crippen molar-refractivity contribution < 1.29 is 9.53 Å². The number of carbonyl (C=O) groups is 1. The molecule has 2 N–H and O–H groups in total. The largest absolute Gasteiger partial charge is 0.492 e. The number of carbonyl (C=O) groups excluding carboxylic acids is 1. The Morgan fingerprint density at radius 1 is 1.14 bits per heavy atom. The summed E-state index contributed by atoms with van der Waals surface area (Å²) in [6, 6.07) is 13.2. The van der Waals surface area contributed by atoms with E-state index < -0.39 is 0 Å². The van der Waals surface area contributed by atoms with Crippen molar-refractivity contribution in [3.63, 3.8) is 0 Å². The number of amides is 1. The zero-order valence-electron chi connectivity index (χ0n) is 16.7. The molecule has 28 heavy (non-hydrogen) atoms. The lowest BCUT2D eigenvalue weighted by atomic mass is 10.0. The Balaban J connectivity index is 1.99. The van der Waals surface area contributed by atoms with Gasteiger partial charge in [0.1, 0.15) is 5.75 Å². The van der Waals surface area contributed by atoms with E-state index in [1.165, 1.54) is 0 Å². The minimum absolute atomic E-state index is 0.269. The highest BCUT2D eigenvalue weighted by atomic mass is 79.9. The van der Waals surface area contributed by atoms with Crippen molar-refractivity contribution in [2.24, 2.45) is 5.92 Å². The van der Waals surface area contributed by atoms with Crippen LogP contribution in [0.1, 0.15) is 56.0 Å². The van der Waals surface area contributed by atoms with E-state index in [2.05, 4.69) is 54.3 Å². The molecule has 0 heterocycles. The number of para-hydroxylation sites is 1. The molecule has 0 bridgehead atoms. The number of hydrogen-bond acceptors (Lipinski definition) is 3. The third-order valence-corrected chi connectivity index (χ3v) is 5.03. The van der Waals surface area contributed by atoms with Crippen LogP contribution in [-0.2, 0) is 0 Å². The van der Waals surface area contributed by atoms with Crippen LogP contribution in [-0.4, -0.2) is 17.6 Å². The number of hydrogen-bond donors (Lipinski definition) is 2. The van der Waals surface area contributed by atoms with Crippen LogP contribution in [0.5, 0.6) is 5.75 Å². The first kappa shape index (κ1) is 22.4. The van der Waals surface area contributed by atoms with Gasteiger partial charge in [-0.25, -0.2) is 0 Å². The summed E-state index contributed by atoms with van der Waals surface area (Å²) < 4.78 is 6.50. The lowest BCUT2D eigenvalue weighted by Crippen LogP contribution is -2.34. The zero-order valence-corrected chi connectivity index (χ0v) is 19.1. The van der Waals surface area contributed by atoms with E-state index >= 15 is 0 Å². The van der Waals surface area contributed by atoms with Crippen molar-refractivity contribution in [3.05, 3.63) is 58.1 Å². The van der Waals surface area contributed by atoms with E-state index in [0.717, 1.165) is 27.9 Å². The fraction of sp³-hybridized carbons (Fsp3) is 0.364. The van der Waals surface area contributed by atoms with Gasteiger partial charge >= 0.3 is 0 Å². The van der Waals surface area contributed by atoms with E-state index in [1.54, 1.807) is 18.2 Å². The highest BCUT2D eigenvalue weighted by molar-refractivity contribution is 9.10. The summed E-state index contributed by atoms with van der Waals surface area (Å²) in [6.07, 6.45) is 0.979. The Bertz CT molecular complexity index is 837. The standard InChI is InChI=1S/C22H27BrN2O2S/c1-14(2)11-12-27-20-10-9-16(13-18(20)23)21(26)25-22(28)24-19-8-6-5-7-17(19)15(3)4/h5-10,13-15H,11-12H2,1-4H3,(H2,24,25,26,28). The highest BCUT2D eigenvalue weighted by Gasteiger charge is 2.13. The minimum Gasteiger partial charge on any atom is -0.492 e. The van der Waals surface area contributed by atoms with Gasteiger partial charge in [-0.1, -0.05) is 45.9 Å². The summed E-state index contributed by atoms with van der Waals surface area (Å²) in [4.78, 5) is 12.5. The summed E-state index contributed by atoms with van der Waals surface area (Å²) >= 11 is 8.79. The molecule has 0 aliphatic rings. The van der Waals surface area contributed by atoms with Gasteiger partial charge in [0.05, 0.1) is 11.1 Å². The second-order valence-electron chi connectivity index (χ2n) is 7.33. The van der Waals surface area contributed by atoms with Crippen LogP contribution in [0.25, 0.3) is 0 Å². The van der Waals surface area contributed by atoms with Gasteiger partial charge in [-0.3, -0.25) is 10.1 Å². The summed E-state index contributed by atoms with van der Waals surface area (Å²) in [7, 11) is 0. The molecule has 0 aliphatic heterocycles. The predicted molar refractivity (Wildman–Crippen MR) is 123 cm³/mol. The number of anilines is 1. The molecule has 0 spiro atoms. The molecule has 4 nitrogen and oxygen atoms in total. The van der Waals surface area contributed by atoms with Crippen molar-refractivity contribution in [2.75, 3.05) is 11.9 Å². The molecule has 0 fully saturated rings. The van der Waals surface area contributed by atoms with Crippen molar-refractivity contribution in [1.82, 2.24) is 5.32 Å². The SMILES string of the molecule is CC(C)CCOc1ccc(C(=O)NC(=S)Nc2ccccc2C(C)C)cc1Br. The summed E-state index contributed by atoms with van der Waals surface area (Å²) in [5.74, 6) is 1.39. The van der Waals surface area contributed by atoms with Gasteiger partial charge in [-0.15, -0.1) is 0 Å². The van der Waals surface area contributed by atoms with Gasteiger partial charge in [0.15, 0.2) is 5.11 Å². The van der Waals surface area contributed by atoms with Crippen LogP contribution in [0, 0.1) is 5.92 Å². The molecule has 0 radical (unpaired) electrons. The molecular formula is C22H27BrN2O2S. The summed E-state index contributed by atoms with van der Waals surface area (Å²) in [5, 5.41) is 6.13. The van der Waals surface area contributed by atoms with E-state index in [-0.39, 0.29) is 11.0 Å². The molecule has 150 valence electrons. The Morgan fingerprint density at radius 3 is 2.50 bits per heavy atom. The lowest BCUT2D eigenvalue weighted by Gasteiger charge is -2.16. The maximum absolute atomic E-state index is 12.5. The smallest absolute Gasteiger partial charge is 0.257 e. The van der Waals surface area contributed by atoms with Gasteiger partial charge in [0.2, 0.25) is 0 Å². The molecule has 6 heteroatoms. The van der Waals surface area contributed by atoms with E-state index in [1.807, 2.05) is 24.3 Å². The number of ether oxygens (including phenoxy) is 1. The molecule has 0 saturated heterocycles. The number of thiocarbonyl (C=S) groups is 1. The molecule has 0 aromatic heterocycles.